The Morgan fingerprint density at radius 1 is 1.16 bits per heavy atom. The van der Waals surface area contributed by atoms with E-state index >= 15 is 0 Å². The van der Waals surface area contributed by atoms with Crippen LogP contribution in [0.5, 0.6) is 0 Å². The maximum absolute atomic E-state index is 13.4. The van der Waals surface area contributed by atoms with Gasteiger partial charge in [-0.1, -0.05) is 12.1 Å². The molecule has 0 saturated carbocycles. The zero-order valence-electron chi connectivity index (χ0n) is 17.5. The van der Waals surface area contributed by atoms with Crippen molar-refractivity contribution in [2.75, 3.05) is 39.8 Å². The molecule has 0 bridgehead atoms. The summed E-state index contributed by atoms with van der Waals surface area (Å²) in [6, 6.07) is 7.64. The summed E-state index contributed by atoms with van der Waals surface area (Å²) in [6.07, 6.45) is 1.46. The SMILES string of the molecule is COC(=O)C1=C(CN2CCN(C(=O)c3ccco3)CC2)NC(=O)N[C@@H]1c1ccc(F)cc1. The summed E-state index contributed by atoms with van der Waals surface area (Å²) < 4.78 is 23.5. The van der Waals surface area contributed by atoms with Crippen molar-refractivity contribution in [1.82, 2.24) is 20.4 Å². The van der Waals surface area contributed by atoms with Crippen LogP contribution in [0.4, 0.5) is 9.18 Å². The third kappa shape index (κ3) is 4.50. The number of halogens is 1. The van der Waals surface area contributed by atoms with E-state index in [4.69, 9.17) is 9.15 Å². The van der Waals surface area contributed by atoms with Crippen LogP contribution in [0.2, 0.25) is 0 Å². The number of hydrogen-bond donors (Lipinski definition) is 2. The highest BCUT2D eigenvalue weighted by atomic mass is 19.1. The average molecular weight is 442 g/mol. The number of nitrogens with zero attached hydrogens (tertiary/aromatic N) is 2. The van der Waals surface area contributed by atoms with Gasteiger partial charge in [0.25, 0.3) is 5.91 Å². The molecule has 2 aromatic rings. The molecule has 0 radical (unpaired) electrons. The highest BCUT2D eigenvalue weighted by Gasteiger charge is 2.34. The van der Waals surface area contributed by atoms with Gasteiger partial charge in [-0.15, -0.1) is 0 Å². The number of methoxy groups -OCH3 is 1. The molecule has 0 unspecified atom stereocenters. The molecule has 0 spiro atoms. The average Bonchev–Trinajstić information content (AvgIpc) is 3.34. The van der Waals surface area contributed by atoms with Gasteiger partial charge in [-0.2, -0.15) is 0 Å². The molecular formula is C22H23FN4O5. The normalized spacial score (nSPS) is 19.4. The fraction of sp³-hybridized carbons (Fsp3) is 0.318. The van der Waals surface area contributed by atoms with Gasteiger partial charge in [0.2, 0.25) is 0 Å². The quantitative estimate of drug-likeness (QED) is 0.683. The van der Waals surface area contributed by atoms with Gasteiger partial charge in [-0.25, -0.2) is 14.0 Å². The topological polar surface area (TPSA) is 104 Å². The fourth-order valence-electron chi connectivity index (χ4n) is 3.89. The molecule has 1 saturated heterocycles. The lowest BCUT2D eigenvalue weighted by molar-refractivity contribution is -0.136. The molecule has 32 heavy (non-hydrogen) atoms. The first-order valence-corrected chi connectivity index (χ1v) is 10.2. The highest BCUT2D eigenvalue weighted by molar-refractivity contribution is 5.95. The molecule has 1 atom stereocenters. The summed E-state index contributed by atoms with van der Waals surface area (Å²) in [5.41, 5.74) is 1.24. The number of rotatable bonds is 5. The van der Waals surface area contributed by atoms with Crippen LogP contribution in [-0.2, 0) is 9.53 Å². The monoisotopic (exact) mass is 442 g/mol. The second-order valence-electron chi connectivity index (χ2n) is 7.51. The first-order valence-electron chi connectivity index (χ1n) is 10.2. The predicted octanol–water partition coefficient (Wildman–Crippen LogP) is 1.66. The van der Waals surface area contributed by atoms with Crippen molar-refractivity contribution in [2.24, 2.45) is 0 Å². The Morgan fingerprint density at radius 2 is 1.88 bits per heavy atom. The molecule has 1 fully saturated rings. The van der Waals surface area contributed by atoms with Crippen molar-refractivity contribution in [3.63, 3.8) is 0 Å². The molecule has 10 heteroatoms. The molecule has 168 valence electrons. The molecule has 4 rings (SSSR count). The van der Waals surface area contributed by atoms with E-state index in [0.29, 0.717) is 49.7 Å². The smallest absolute Gasteiger partial charge is 0.338 e. The number of carbonyl (C=O) groups is 3. The highest BCUT2D eigenvalue weighted by Crippen LogP contribution is 2.28. The van der Waals surface area contributed by atoms with E-state index in [-0.39, 0.29) is 11.5 Å². The van der Waals surface area contributed by atoms with Crippen molar-refractivity contribution in [2.45, 2.75) is 6.04 Å². The maximum Gasteiger partial charge on any atom is 0.338 e. The van der Waals surface area contributed by atoms with E-state index in [0.717, 1.165) is 0 Å². The number of furan rings is 1. The number of carbonyl (C=O) groups excluding carboxylic acids is 3. The Bertz CT molecular complexity index is 1030. The van der Waals surface area contributed by atoms with Gasteiger partial charge in [0, 0.05) is 38.4 Å². The first-order chi connectivity index (χ1) is 15.5. The lowest BCUT2D eigenvalue weighted by Gasteiger charge is -2.36. The number of benzene rings is 1. The number of urea groups is 1. The molecule has 2 N–H and O–H groups in total. The van der Waals surface area contributed by atoms with Crippen LogP contribution in [0.25, 0.3) is 0 Å². The van der Waals surface area contributed by atoms with Crippen molar-refractivity contribution in [3.8, 4) is 0 Å². The summed E-state index contributed by atoms with van der Waals surface area (Å²) in [6.45, 7) is 2.35. The van der Waals surface area contributed by atoms with Gasteiger partial charge in [-0.05, 0) is 29.8 Å². The van der Waals surface area contributed by atoms with Gasteiger partial charge in [0.1, 0.15) is 5.82 Å². The van der Waals surface area contributed by atoms with Gasteiger partial charge >= 0.3 is 12.0 Å². The third-order valence-electron chi connectivity index (χ3n) is 5.54. The number of ether oxygens (including phenoxy) is 1. The summed E-state index contributed by atoms with van der Waals surface area (Å²) in [7, 11) is 1.27. The number of nitrogens with one attached hydrogen (secondary N) is 2. The Morgan fingerprint density at radius 3 is 2.50 bits per heavy atom. The molecular weight excluding hydrogens is 419 g/mol. The molecule has 9 nitrogen and oxygen atoms in total. The zero-order chi connectivity index (χ0) is 22.7. The molecule has 2 aliphatic rings. The lowest BCUT2D eigenvalue weighted by Crippen LogP contribution is -2.52. The number of piperazine rings is 1. The molecule has 1 aromatic carbocycles. The fourth-order valence-corrected chi connectivity index (χ4v) is 3.89. The predicted molar refractivity (Wildman–Crippen MR) is 111 cm³/mol. The minimum Gasteiger partial charge on any atom is -0.466 e. The number of amides is 3. The Kier molecular flexibility index (Phi) is 6.22. The van der Waals surface area contributed by atoms with Gasteiger partial charge in [0.15, 0.2) is 5.76 Å². The summed E-state index contributed by atoms with van der Waals surface area (Å²) in [5, 5.41) is 5.42. The lowest BCUT2D eigenvalue weighted by atomic mass is 9.95. The Balaban J connectivity index is 1.52. The molecule has 2 aliphatic heterocycles. The van der Waals surface area contributed by atoms with Crippen molar-refractivity contribution in [3.05, 3.63) is 71.1 Å². The minimum atomic E-state index is -0.770. The summed E-state index contributed by atoms with van der Waals surface area (Å²) in [4.78, 5) is 41.1. The maximum atomic E-state index is 13.4. The summed E-state index contributed by atoms with van der Waals surface area (Å²) >= 11 is 0. The van der Waals surface area contributed by atoms with Crippen LogP contribution in [0.15, 0.2) is 58.3 Å². The molecule has 1 aromatic heterocycles. The van der Waals surface area contributed by atoms with Gasteiger partial charge < -0.3 is 24.7 Å². The summed E-state index contributed by atoms with van der Waals surface area (Å²) in [5.74, 6) is -0.884. The van der Waals surface area contributed by atoms with Crippen molar-refractivity contribution < 1.29 is 27.9 Å². The van der Waals surface area contributed by atoms with Crippen LogP contribution < -0.4 is 10.6 Å². The van der Waals surface area contributed by atoms with E-state index in [2.05, 4.69) is 10.6 Å². The van der Waals surface area contributed by atoms with E-state index in [1.165, 1.54) is 37.6 Å². The van der Waals surface area contributed by atoms with Crippen LogP contribution in [0, 0.1) is 5.82 Å². The second-order valence-corrected chi connectivity index (χ2v) is 7.51. The zero-order valence-corrected chi connectivity index (χ0v) is 17.5. The van der Waals surface area contributed by atoms with Crippen molar-refractivity contribution >= 4 is 17.9 Å². The third-order valence-corrected chi connectivity index (χ3v) is 5.54. The molecule has 3 heterocycles. The van der Waals surface area contributed by atoms with Crippen LogP contribution in [0.3, 0.4) is 0 Å². The van der Waals surface area contributed by atoms with Gasteiger partial charge in [-0.3, -0.25) is 9.69 Å². The number of hydrogen-bond acceptors (Lipinski definition) is 6. The largest absolute Gasteiger partial charge is 0.466 e. The second kappa shape index (κ2) is 9.23. The van der Waals surface area contributed by atoms with E-state index in [1.54, 1.807) is 17.0 Å². The van der Waals surface area contributed by atoms with E-state index in [9.17, 15) is 18.8 Å². The first kappa shape index (κ1) is 21.6. The van der Waals surface area contributed by atoms with Gasteiger partial charge in [0.05, 0.1) is 25.0 Å². The van der Waals surface area contributed by atoms with Crippen molar-refractivity contribution in [1.29, 1.82) is 0 Å². The molecule has 0 aliphatic carbocycles. The van der Waals surface area contributed by atoms with E-state index in [1.807, 2.05) is 4.90 Å². The van der Waals surface area contributed by atoms with E-state index < -0.39 is 23.9 Å². The minimum absolute atomic E-state index is 0.171. The van der Waals surface area contributed by atoms with Crippen LogP contribution >= 0.6 is 0 Å². The van der Waals surface area contributed by atoms with Crippen LogP contribution in [0.1, 0.15) is 22.2 Å². The Hall–Kier alpha value is -3.66. The molecule has 3 amide bonds. The number of esters is 1. The Labute approximate surface area is 183 Å². The van der Waals surface area contributed by atoms with Crippen LogP contribution in [-0.4, -0.2) is 67.5 Å². The standard InChI is InChI=1S/C22H23FN4O5/c1-31-21(29)18-16(24-22(30)25-19(18)14-4-6-15(23)7-5-14)13-26-8-10-27(11-9-26)20(28)17-3-2-12-32-17/h2-7,12,19H,8-11,13H2,1H3,(H2,24,25,30)/t19-/m1/s1.